The van der Waals surface area contributed by atoms with Crippen LogP contribution in [0.2, 0.25) is 19.1 Å². The second-order valence-electron chi connectivity index (χ2n) is 7.25. The molecule has 24 heavy (non-hydrogen) atoms. The summed E-state index contributed by atoms with van der Waals surface area (Å²) in [7, 11) is -3.98. The van der Waals surface area contributed by atoms with Gasteiger partial charge in [-0.2, -0.15) is 0 Å². The third-order valence-electron chi connectivity index (χ3n) is 4.96. The van der Waals surface area contributed by atoms with E-state index in [0.717, 1.165) is 18.0 Å². The summed E-state index contributed by atoms with van der Waals surface area (Å²) in [6.45, 7) is 4.14. The fourth-order valence-electron chi connectivity index (χ4n) is 3.36. The number of hydrogen-bond donors (Lipinski definition) is 3. The normalized spacial score (nSPS) is 27.7. The average Bonchev–Trinajstić information content (AvgIpc) is 2.56. The smallest absolute Gasteiger partial charge is 0.411 e. The van der Waals surface area contributed by atoms with Crippen molar-refractivity contribution >= 4 is 22.3 Å². The third-order valence-corrected chi connectivity index (χ3v) is 11.6. The van der Waals surface area contributed by atoms with E-state index in [1.807, 2.05) is 30.3 Å². The second kappa shape index (κ2) is 8.22. The van der Waals surface area contributed by atoms with Crippen LogP contribution in [0.3, 0.4) is 0 Å². The molecule has 1 fully saturated rings. The zero-order chi connectivity index (χ0) is 17.8. The first-order valence-corrected chi connectivity index (χ1v) is 13.5. The Balaban J connectivity index is 1.95. The number of rotatable bonds is 7. The van der Waals surface area contributed by atoms with Gasteiger partial charge in [0.25, 0.3) is 0 Å². The summed E-state index contributed by atoms with van der Waals surface area (Å²) < 4.78 is 11.6. The van der Waals surface area contributed by atoms with Crippen molar-refractivity contribution in [3.63, 3.8) is 0 Å². The molecule has 1 aliphatic rings. The molecule has 0 aliphatic heterocycles. The van der Waals surface area contributed by atoms with E-state index in [1.54, 1.807) is 0 Å². The topological polar surface area (TPSA) is 79.2 Å². The molecule has 1 aromatic rings. The van der Waals surface area contributed by atoms with Gasteiger partial charge in [-0.1, -0.05) is 30.3 Å². The lowest BCUT2D eigenvalue weighted by molar-refractivity contribution is -0.0262. The van der Waals surface area contributed by atoms with Gasteiger partial charge in [-0.25, -0.2) is 0 Å². The lowest BCUT2D eigenvalue weighted by Crippen LogP contribution is -2.56. The van der Waals surface area contributed by atoms with E-state index >= 15 is 0 Å². The standard InChI is InChI=1S/C17H30O5Si2/c1-21-24(20,12-11-14-9-10-16(18)17(19)13-14)22-23(2,3)15-7-5-4-6-8-15/h4-8,14,16-20H,9-13H2,1-3H3. The van der Waals surface area contributed by atoms with Crippen molar-refractivity contribution in [1.82, 2.24) is 0 Å². The van der Waals surface area contributed by atoms with Crippen LogP contribution in [-0.2, 0) is 8.54 Å². The molecular formula is C17H30O5Si2. The van der Waals surface area contributed by atoms with E-state index in [1.165, 1.54) is 7.11 Å². The summed E-state index contributed by atoms with van der Waals surface area (Å²) >= 11 is 0. The molecule has 0 aromatic heterocycles. The van der Waals surface area contributed by atoms with E-state index < -0.39 is 29.3 Å². The van der Waals surface area contributed by atoms with Crippen LogP contribution in [0.4, 0.5) is 0 Å². The predicted molar refractivity (Wildman–Crippen MR) is 98.4 cm³/mol. The lowest BCUT2D eigenvalue weighted by atomic mass is 9.84. The summed E-state index contributed by atoms with van der Waals surface area (Å²) in [5, 5.41) is 20.6. The zero-order valence-corrected chi connectivity index (χ0v) is 16.8. The molecular weight excluding hydrogens is 340 g/mol. The summed E-state index contributed by atoms with van der Waals surface area (Å²) in [5.74, 6) is 0.294. The van der Waals surface area contributed by atoms with Crippen LogP contribution in [0.5, 0.6) is 0 Å². The maximum Gasteiger partial charge on any atom is 0.487 e. The molecule has 0 heterocycles. The highest BCUT2D eigenvalue weighted by Gasteiger charge is 2.43. The molecule has 0 saturated heterocycles. The fourth-order valence-corrected chi connectivity index (χ4v) is 9.73. The minimum atomic E-state index is -3.25. The monoisotopic (exact) mass is 370 g/mol. The van der Waals surface area contributed by atoms with Gasteiger partial charge in [0.05, 0.1) is 12.2 Å². The third kappa shape index (κ3) is 5.22. The molecule has 136 valence electrons. The Morgan fingerprint density at radius 1 is 1.08 bits per heavy atom. The summed E-state index contributed by atoms with van der Waals surface area (Å²) in [6.07, 6.45) is 1.54. The maximum atomic E-state index is 10.9. The molecule has 4 atom stereocenters. The summed E-state index contributed by atoms with van der Waals surface area (Å²) in [4.78, 5) is 10.9. The van der Waals surface area contributed by atoms with Gasteiger partial charge in [0.2, 0.25) is 8.32 Å². The van der Waals surface area contributed by atoms with Crippen molar-refractivity contribution in [3.05, 3.63) is 30.3 Å². The van der Waals surface area contributed by atoms with Gasteiger partial charge in [-0.15, -0.1) is 0 Å². The van der Waals surface area contributed by atoms with E-state index in [2.05, 4.69) is 13.1 Å². The molecule has 2 rings (SSSR count). The van der Waals surface area contributed by atoms with E-state index in [9.17, 15) is 15.0 Å². The summed E-state index contributed by atoms with van der Waals surface area (Å²) in [5.41, 5.74) is 0. The first-order valence-electron chi connectivity index (χ1n) is 8.65. The van der Waals surface area contributed by atoms with Gasteiger partial charge in [0.1, 0.15) is 0 Å². The number of hydrogen-bond acceptors (Lipinski definition) is 5. The molecule has 5 nitrogen and oxygen atoms in total. The second-order valence-corrected chi connectivity index (χ2v) is 14.0. The lowest BCUT2D eigenvalue weighted by Gasteiger charge is -2.35. The van der Waals surface area contributed by atoms with Gasteiger partial charge in [0.15, 0.2) is 0 Å². The average molecular weight is 371 g/mol. The van der Waals surface area contributed by atoms with Crippen LogP contribution in [0.25, 0.3) is 0 Å². The first-order chi connectivity index (χ1) is 11.3. The number of aliphatic hydroxyl groups is 2. The fraction of sp³-hybridized carbons (Fsp3) is 0.647. The molecule has 0 radical (unpaired) electrons. The highest BCUT2D eigenvalue weighted by Crippen LogP contribution is 2.31. The van der Waals surface area contributed by atoms with Crippen molar-refractivity contribution in [2.45, 2.75) is 57.0 Å². The predicted octanol–water partition coefficient (Wildman–Crippen LogP) is 1.60. The minimum absolute atomic E-state index is 0.294. The van der Waals surface area contributed by atoms with Crippen molar-refractivity contribution in [2.75, 3.05) is 7.11 Å². The van der Waals surface area contributed by atoms with Crippen LogP contribution in [0.15, 0.2) is 30.3 Å². The van der Waals surface area contributed by atoms with Crippen molar-refractivity contribution in [2.24, 2.45) is 5.92 Å². The largest absolute Gasteiger partial charge is 0.487 e. The molecule has 1 aromatic carbocycles. The molecule has 1 aliphatic carbocycles. The Hall–Kier alpha value is -0.546. The molecule has 0 spiro atoms. The van der Waals surface area contributed by atoms with Crippen LogP contribution < -0.4 is 5.19 Å². The van der Waals surface area contributed by atoms with Crippen LogP contribution in [-0.4, -0.2) is 51.4 Å². The molecule has 1 saturated carbocycles. The Bertz CT molecular complexity index is 513. The highest BCUT2D eigenvalue weighted by molar-refractivity contribution is 6.89. The Morgan fingerprint density at radius 2 is 1.75 bits per heavy atom. The zero-order valence-electron chi connectivity index (χ0n) is 14.8. The van der Waals surface area contributed by atoms with Crippen LogP contribution in [0, 0.1) is 5.92 Å². The molecule has 3 N–H and O–H groups in total. The van der Waals surface area contributed by atoms with E-state index in [-0.39, 0.29) is 0 Å². The van der Waals surface area contributed by atoms with Gasteiger partial charge >= 0.3 is 8.80 Å². The minimum Gasteiger partial charge on any atom is -0.411 e. The summed E-state index contributed by atoms with van der Waals surface area (Å²) in [6, 6.07) is 10.5. The van der Waals surface area contributed by atoms with Crippen molar-refractivity contribution in [3.8, 4) is 0 Å². The van der Waals surface area contributed by atoms with Crippen LogP contribution >= 0.6 is 0 Å². The molecule has 7 heteroatoms. The van der Waals surface area contributed by atoms with Gasteiger partial charge in [-0.3, -0.25) is 0 Å². The van der Waals surface area contributed by atoms with Crippen molar-refractivity contribution in [1.29, 1.82) is 0 Å². The quantitative estimate of drug-likeness (QED) is 0.636. The van der Waals surface area contributed by atoms with Gasteiger partial charge < -0.3 is 23.5 Å². The Labute approximate surface area is 146 Å². The number of aliphatic hydroxyl groups excluding tert-OH is 2. The van der Waals surface area contributed by atoms with Crippen molar-refractivity contribution < 1.29 is 23.5 Å². The number of benzene rings is 1. The molecule has 0 amide bonds. The Morgan fingerprint density at radius 3 is 2.33 bits per heavy atom. The van der Waals surface area contributed by atoms with Gasteiger partial charge in [0, 0.05) is 13.2 Å². The SMILES string of the molecule is CO[Si](O)(CCC1CCC(O)C(O)C1)O[Si](C)(C)c1ccccc1. The molecule has 4 unspecified atom stereocenters. The van der Waals surface area contributed by atoms with Crippen LogP contribution in [0.1, 0.15) is 25.7 Å². The van der Waals surface area contributed by atoms with Gasteiger partial charge in [-0.05, 0) is 49.9 Å². The molecule has 0 bridgehead atoms. The van der Waals surface area contributed by atoms with E-state index in [0.29, 0.717) is 24.8 Å². The highest BCUT2D eigenvalue weighted by atomic mass is 28.5. The Kier molecular flexibility index (Phi) is 6.77. The maximum absolute atomic E-state index is 10.9. The van der Waals surface area contributed by atoms with E-state index in [4.69, 9.17) is 8.54 Å². The first kappa shape index (κ1) is 19.8.